The molecule has 7 nitrogen and oxygen atoms in total. The van der Waals surface area contributed by atoms with Gasteiger partial charge in [-0.25, -0.2) is 4.98 Å². The molecule has 0 aliphatic carbocycles. The van der Waals surface area contributed by atoms with Crippen LogP contribution in [0.4, 0.5) is 0 Å². The predicted molar refractivity (Wildman–Crippen MR) is 79.8 cm³/mol. The number of aryl methyl sites for hydroxylation is 1. The number of carbonyl (C=O) groups is 1. The van der Waals surface area contributed by atoms with E-state index in [4.69, 9.17) is 4.74 Å². The molecular formula is C15H19N5O2. The molecular weight excluding hydrogens is 282 g/mol. The Morgan fingerprint density at radius 3 is 2.50 bits per heavy atom. The van der Waals surface area contributed by atoms with Gasteiger partial charge in [-0.1, -0.05) is 0 Å². The van der Waals surface area contributed by atoms with Crippen LogP contribution in [0.1, 0.15) is 30.2 Å². The smallest absolute Gasteiger partial charge is 0.274 e. The minimum Gasteiger partial charge on any atom is -0.372 e. The van der Waals surface area contributed by atoms with Crippen molar-refractivity contribution in [1.29, 1.82) is 0 Å². The summed E-state index contributed by atoms with van der Waals surface area (Å²) < 4.78 is 7.46. The molecule has 1 aliphatic heterocycles. The van der Waals surface area contributed by atoms with E-state index in [0.717, 1.165) is 5.82 Å². The summed E-state index contributed by atoms with van der Waals surface area (Å²) in [5.41, 5.74) is 0.350. The van der Waals surface area contributed by atoms with E-state index >= 15 is 0 Å². The number of morpholine rings is 1. The van der Waals surface area contributed by atoms with Crippen LogP contribution < -0.4 is 0 Å². The van der Waals surface area contributed by atoms with Gasteiger partial charge < -0.3 is 9.64 Å². The van der Waals surface area contributed by atoms with E-state index in [9.17, 15) is 4.79 Å². The summed E-state index contributed by atoms with van der Waals surface area (Å²) in [6, 6.07) is 3.48. The Morgan fingerprint density at radius 1 is 1.23 bits per heavy atom. The molecule has 1 saturated heterocycles. The Hall–Kier alpha value is -2.28. The van der Waals surface area contributed by atoms with Crippen molar-refractivity contribution in [1.82, 2.24) is 24.6 Å². The van der Waals surface area contributed by atoms with Crippen molar-refractivity contribution in [3.8, 4) is 5.82 Å². The second-order valence-corrected chi connectivity index (χ2v) is 5.59. The molecule has 0 saturated carbocycles. The first kappa shape index (κ1) is 14.6. The predicted octanol–water partition coefficient (Wildman–Crippen LogP) is 1.22. The molecule has 2 aromatic heterocycles. The molecule has 0 aromatic carbocycles. The number of hydrogen-bond donors (Lipinski definition) is 0. The zero-order valence-corrected chi connectivity index (χ0v) is 12.9. The van der Waals surface area contributed by atoms with Crippen LogP contribution in [0.15, 0.2) is 24.5 Å². The van der Waals surface area contributed by atoms with Gasteiger partial charge in [0.2, 0.25) is 0 Å². The van der Waals surface area contributed by atoms with Gasteiger partial charge in [-0.15, -0.1) is 10.2 Å². The Bertz CT molecular complexity index is 657. The largest absolute Gasteiger partial charge is 0.372 e. The van der Waals surface area contributed by atoms with E-state index in [2.05, 4.69) is 15.2 Å². The molecule has 0 N–H and O–H groups in total. The number of aromatic nitrogens is 4. The van der Waals surface area contributed by atoms with Crippen LogP contribution in [-0.4, -0.2) is 55.9 Å². The molecule has 0 spiro atoms. The molecule has 3 rings (SSSR count). The maximum Gasteiger partial charge on any atom is 0.274 e. The molecule has 2 aromatic rings. The molecule has 3 heterocycles. The second-order valence-electron chi connectivity index (χ2n) is 5.59. The molecule has 7 heteroatoms. The van der Waals surface area contributed by atoms with E-state index in [1.165, 1.54) is 0 Å². The van der Waals surface area contributed by atoms with Crippen LogP contribution in [0.25, 0.3) is 5.82 Å². The molecule has 2 unspecified atom stereocenters. The van der Waals surface area contributed by atoms with Crippen LogP contribution >= 0.6 is 0 Å². The number of ether oxygens (including phenoxy) is 1. The van der Waals surface area contributed by atoms with Gasteiger partial charge >= 0.3 is 0 Å². The van der Waals surface area contributed by atoms with Crippen LogP contribution in [0, 0.1) is 6.92 Å². The minimum atomic E-state index is -0.108. The highest BCUT2D eigenvalue weighted by Crippen LogP contribution is 2.14. The van der Waals surface area contributed by atoms with Gasteiger partial charge in [0.25, 0.3) is 5.91 Å². The van der Waals surface area contributed by atoms with Gasteiger partial charge in [0, 0.05) is 25.5 Å². The van der Waals surface area contributed by atoms with Crippen molar-refractivity contribution < 1.29 is 9.53 Å². The van der Waals surface area contributed by atoms with Crippen molar-refractivity contribution in [2.45, 2.75) is 33.0 Å². The lowest BCUT2D eigenvalue weighted by Crippen LogP contribution is -2.48. The Morgan fingerprint density at radius 2 is 1.95 bits per heavy atom. The lowest BCUT2D eigenvalue weighted by atomic mass is 10.2. The zero-order chi connectivity index (χ0) is 15.7. The summed E-state index contributed by atoms with van der Waals surface area (Å²) in [5.74, 6) is 1.36. The van der Waals surface area contributed by atoms with Gasteiger partial charge in [-0.3, -0.25) is 9.36 Å². The molecule has 1 fully saturated rings. The second kappa shape index (κ2) is 5.84. The van der Waals surface area contributed by atoms with Crippen LogP contribution in [0.2, 0.25) is 0 Å². The van der Waals surface area contributed by atoms with Crippen molar-refractivity contribution in [2.24, 2.45) is 0 Å². The van der Waals surface area contributed by atoms with Crippen molar-refractivity contribution in [3.63, 3.8) is 0 Å². The summed E-state index contributed by atoms with van der Waals surface area (Å²) in [4.78, 5) is 18.4. The highest BCUT2D eigenvalue weighted by atomic mass is 16.5. The van der Waals surface area contributed by atoms with Gasteiger partial charge in [0.1, 0.15) is 5.82 Å². The van der Waals surface area contributed by atoms with Crippen LogP contribution in [0.5, 0.6) is 0 Å². The average molecular weight is 301 g/mol. The fourth-order valence-corrected chi connectivity index (χ4v) is 2.69. The van der Waals surface area contributed by atoms with Crippen molar-refractivity contribution in [3.05, 3.63) is 36.0 Å². The van der Waals surface area contributed by atoms with Gasteiger partial charge in [0.05, 0.1) is 12.2 Å². The van der Waals surface area contributed by atoms with Gasteiger partial charge in [0.15, 0.2) is 11.5 Å². The van der Waals surface area contributed by atoms with Gasteiger partial charge in [-0.2, -0.15) is 0 Å². The molecule has 1 aliphatic rings. The highest BCUT2D eigenvalue weighted by molar-refractivity contribution is 5.92. The molecule has 2 atom stereocenters. The maximum absolute atomic E-state index is 12.5. The Balaban J connectivity index is 1.78. The zero-order valence-electron chi connectivity index (χ0n) is 12.9. The number of amides is 1. The van der Waals surface area contributed by atoms with E-state index < -0.39 is 0 Å². The first-order valence-corrected chi connectivity index (χ1v) is 7.33. The van der Waals surface area contributed by atoms with E-state index in [1.54, 1.807) is 23.2 Å². The Labute approximate surface area is 128 Å². The quantitative estimate of drug-likeness (QED) is 0.834. The third-order valence-corrected chi connectivity index (χ3v) is 3.65. The van der Waals surface area contributed by atoms with Crippen molar-refractivity contribution in [2.75, 3.05) is 13.1 Å². The fourth-order valence-electron chi connectivity index (χ4n) is 2.69. The standard InChI is InChI=1S/C15H19N5O2/c1-10-8-19(9-11(2)22-10)15(21)13-4-5-14(18-17-13)20-7-6-16-12(20)3/h4-7,10-11H,8-9H2,1-3H3. The van der Waals surface area contributed by atoms with E-state index in [0.29, 0.717) is 24.6 Å². The lowest BCUT2D eigenvalue weighted by molar-refractivity contribution is -0.0587. The number of rotatable bonds is 2. The number of imidazole rings is 1. The summed E-state index contributed by atoms with van der Waals surface area (Å²) in [5, 5.41) is 8.20. The molecule has 1 amide bonds. The number of hydrogen-bond acceptors (Lipinski definition) is 5. The summed E-state index contributed by atoms with van der Waals surface area (Å²) in [6.45, 7) is 6.97. The van der Waals surface area contributed by atoms with Crippen LogP contribution in [0.3, 0.4) is 0 Å². The monoisotopic (exact) mass is 301 g/mol. The lowest BCUT2D eigenvalue weighted by Gasteiger charge is -2.35. The van der Waals surface area contributed by atoms with E-state index in [1.807, 2.05) is 31.5 Å². The molecule has 116 valence electrons. The van der Waals surface area contributed by atoms with Crippen LogP contribution in [-0.2, 0) is 4.74 Å². The molecule has 22 heavy (non-hydrogen) atoms. The number of carbonyl (C=O) groups excluding carboxylic acids is 1. The molecule has 0 bridgehead atoms. The highest BCUT2D eigenvalue weighted by Gasteiger charge is 2.27. The summed E-state index contributed by atoms with van der Waals surface area (Å²) in [6.07, 6.45) is 3.58. The Kier molecular flexibility index (Phi) is 3.89. The molecule has 0 radical (unpaired) electrons. The maximum atomic E-state index is 12.5. The van der Waals surface area contributed by atoms with Crippen molar-refractivity contribution >= 4 is 5.91 Å². The minimum absolute atomic E-state index is 0.0357. The summed E-state index contributed by atoms with van der Waals surface area (Å²) >= 11 is 0. The van der Waals surface area contributed by atoms with Gasteiger partial charge in [-0.05, 0) is 32.9 Å². The third-order valence-electron chi connectivity index (χ3n) is 3.65. The van der Waals surface area contributed by atoms with E-state index in [-0.39, 0.29) is 18.1 Å². The first-order chi connectivity index (χ1) is 10.5. The normalized spacial score (nSPS) is 21.9. The topological polar surface area (TPSA) is 73.1 Å². The summed E-state index contributed by atoms with van der Waals surface area (Å²) in [7, 11) is 0. The fraction of sp³-hybridized carbons (Fsp3) is 0.467. The first-order valence-electron chi connectivity index (χ1n) is 7.33. The third kappa shape index (κ3) is 2.85. The number of nitrogens with zero attached hydrogens (tertiary/aromatic N) is 5. The average Bonchev–Trinajstić information content (AvgIpc) is 2.92. The SMILES string of the molecule is Cc1nccn1-c1ccc(C(=O)N2CC(C)OC(C)C2)nn1.